The number of rotatable bonds is 9. The number of nitrogens with one attached hydrogen (secondary N) is 4. The minimum absolute atomic E-state index is 0.108. The van der Waals surface area contributed by atoms with Gasteiger partial charge >= 0.3 is 0 Å². The zero-order chi connectivity index (χ0) is 31.5. The number of carbonyl (C=O) groups is 4. The van der Waals surface area contributed by atoms with Gasteiger partial charge in [-0.15, -0.1) is 0 Å². The molecule has 5 heterocycles. The Morgan fingerprint density at radius 3 is 2.53 bits per heavy atom. The van der Waals surface area contributed by atoms with Gasteiger partial charge in [-0.05, 0) is 28.6 Å². The summed E-state index contributed by atoms with van der Waals surface area (Å²) in [6.07, 6.45) is 2.20. The highest BCUT2D eigenvalue weighted by Crippen LogP contribution is 2.30. The van der Waals surface area contributed by atoms with Gasteiger partial charge in [-0.2, -0.15) is 9.78 Å². The second-order valence-electron chi connectivity index (χ2n) is 10.1. The van der Waals surface area contributed by atoms with Crippen LogP contribution in [0.3, 0.4) is 0 Å². The Balaban J connectivity index is 1.15. The van der Waals surface area contributed by atoms with Gasteiger partial charge in [0, 0.05) is 52.4 Å². The number of aromatic nitrogens is 8. The standard InChI is InChI=1S/C28H27FN12O4/c1-16(42)30-7-8-31-26(44)21-13-20(34-35-21)23-24-22(19(29)15-33-23)18(14-32-24)25(43)27(45)39-9-11-40(12-10-39)28-36-37-38-41(28)17-5-3-2-4-6-17/h2-6,13-15,32H,7-12H2,1H3,(H,30,42)(H,31,44)(H,34,35). The molecule has 17 heteroatoms. The molecule has 0 atom stereocenters. The Hall–Kier alpha value is -6.00. The molecule has 4 N–H and O–H groups in total. The van der Waals surface area contributed by atoms with Crippen molar-refractivity contribution in [3.8, 4) is 17.1 Å². The largest absolute Gasteiger partial charge is 0.359 e. The summed E-state index contributed by atoms with van der Waals surface area (Å²) in [6, 6.07) is 10.8. The number of amides is 3. The van der Waals surface area contributed by atoms with Gasteiger partial charge in [0.15, 0.2) is 5.82 Å². The van der Waals surface area contributed by atoms with Crippen LogP contribution in [0.2, 0.25) is 0 Å². The SMILES string of the molecule is CC(=O)NCCNC(=O)c1cc(-c2ncc(F)c3c(C(=O)C(=O)N4CCN(c5nnnn5-c5ccccc5)CC4)c[nH]c23)n[nH]1. The summed E-state index contributed by atoms with van der Waals surface area (Å²) in [5.41, 5.74) is 1.30. The van der Waals surface area contributed by atoms with Crippen LogP contribution in [-0.4, -0.2) is 108 Å². The average Bonchev–Trinajstić information content (AvgIpc) is 3.84. The Morgan fingerprint density at radius 2 is 1.78 bits per heavy atom. The maximum absolute atomic E-state index is 15.1. The molecule has 0 radical (unpaired) electrons. The van der Waals surface area contributed by atoms with Crippen molar-refractivity contribution in [3.05, 3.63) is 65.9 Å². The van der Waals surface area contributed by atoms with E-state index in [0.717, 1.165) is 11.9 Å². The predicted molar refractivity (Wildman–Crippen MR) is 157 cm³/mol. The minimum Gasteiger partial charge on any atom is -0.359 e. The molecule has 16 nitrogen and oxygen atoms in total. The van der Waals surface area contributed by atoms with Crippen molar-refractivity contribution in [2.75, 3.05) is 44.2 Å². The summed E-state index contributed by atoms with van der Waals surface area (Å²) >= 11 is 0. The van der Waals surface area contributed by atoms with Crippen molar-refractivity contribution in [2.24, 2.45) is 0 Å². The molecule has 1 fully saturated rings. The van der Waals surface area contributed by atoms with Gasteiger partial charge in [0.05, 0.1) is 28.4 Å². The lowest BCUT2D eigenvalue weighted by atomic mass is 10.1. The Kier molecular flexibility index (Phi) is 7.96. The number of para-hydroxylation sites is 1. The van der Waals surface area contributed by atoms with E-state index in [1.54, 1.807) is 4.68 Å². The maximum atomic E-state index is 15.1. The number of nitrogens with zero attached hydrogens (tertiary/aromatic N) is 8. The number of piperazine rings is 1. The third kappa shape index (κ3) is 5.82. The Morgan fingerprint density at radius 1 is 1.02 bits per heavy atom. The molecule has 1 saturated heterocycles. The molecule has 5 aromatic rings. The molecule has 4 aromatic heterocycles. The predicted octanol–water partition coefficient (Wildman–Crippen LogP) is 0.465. The van der Waals surface area contributed by atoms with Crippen LogP contribution in [0, 0.1) is 5.82 Å². The van der Waals surface area contributed by atoms with Crippen molar-refractivity contribution in [1.29, 1.82) is 0 Å². The molecule has 1 aromatic carbocycles. The zero-order valence-corrected chi connectivity index (χ0v) is 24.0. The van der Waals surface area contributed by atoms with Crippen molar-refractivity contribution in [2.45, 2.75) is 6.92 Å². The number of ketones is 1. The van der Waals surface area contributed by atoms with Crippen molar-refractivity contribution >= 4 is 40.4 Å². The number of hydrogen-bond donors (Lipinski definition) is 4. The lowest BCUT2D eigenvalue weighted by molar-refractivity contribution is -0.126. The van der Waals surface area contributed by atoms with Crippen LogP contribution in [0.15, 0.2) is 48.8 Å². The van der Waals surface area contributed by atoms with Gasteiger partial charge < -0.3 is 25.4 Å². The summed E-state index contributed by atoms with van der Waals surface area (Å²) in [5, 5.41) is 23.8. The van der Waals surface area contributed by atoms with Crippen LogP contribution in [0.1, 0.15) is 27.8 Å². The van der Waals surface area contributed by atoms with Crippen molar-refractivity contribution in [1.82, 2.24) is 55.9 Å². The fourth-order valence-corrected chi connectivity index (χ4v) is 5.04. The summed E-state index contributed by atoms with van der Waals surface area (Å²) in [7, 11) is 0. The molecule has 6 rings (SSSR count). The second-order valence-corrected chi connectivity index (χ2v) is 10.1. The Bertz CT molecular complexity index is 1890. The van der Waals surface area contributed by atoms with E-state index >= 15 is 4.39 Å². The molecule has 230 valence electrons. The number of H-pyrrole nitrogens is 2. The number of carbonyl (C=O) groups excluding carboxylic acids is 4. The van der Waals surface area contributed by atoms with E-state index in [1.807, 2.05) is 35.2 Å². The van der Waals surface area contributed by atoms with Gasteiger partial charge in [-0.1, -0.05) is 23.3 Å². The first-order chi connectivity index (χ1) is 21.8. The van der Waals surface area contributed by atoms with Crippen LogP contribution in [0.4, 0.5) is 10.3 Å². The molecular formula is C28H27FN12O4. The van der Waals surface area contributed by atoms with Crippen LogP contribution in [0.5, 0.6) is 0 Å². The van der Waals surface area contributed by atoms with Crippen molar-refractivity contribution < 1.29 is 23.6 Å². The highest BCUT2D eigenvalue weighted by atomic mass is 19.1. The molecule has 1 aliphatic rings. The number of Topliss-reactive ketones (excluding diaryl/α,β-unsaturated/α-hetero) is 1. The van der Waals surface area contributed by atoms with E-state index in [4.69, 9.17) is 0 Å². The lowest BCUT2D eigenvalue weighted by Crippen LogP contribution is -2.51. The molecule has 0 spiro atoms. The van der Waals surface area contributed by atoms with Crippen LogP contribution in [0.25, 0.3) is 28.0 Å². The lowest BCUT2D eigenvalue weighted by Gasteiger charge is -2.34. The van der Waals surface area contributed by atoms with E-state index in [-0.39, 0.29) is 65.6 Å². The Labute approximate surface area is 254 Å². The maximum Gasteiger partial charge on any atom is 0.295 e. The number of tetrazole rings is 1. The summed E-state index contributed by atoms with van der Waals surface area (Å²) in [4.78, 5) is 60.4. The van der Waals surface area contributed by atoms with E-state index in [2.05, 4.69) is 46.3 Å². The van der Waals surface area contributed by atoms with Crippen LogP contribution < -0.4 is 15.5 Å². The molecule has 45 heavy (non-hydrogen) atoms. The molecular weight excluding hydrogens is 587 g/mol. The van der Waals surface area contributed by atoms with E-state index in [0.29, 0.717) is 19.0 Å². The van der Waals surface area contributed by atoms with Gasteiger partial charge in [-0.3, -0.25) is 24.3 Å². The number of benzene rings is 1. The second kappa shape index (κ2) is 12.3. The molecule has 0 bridgehead atoms. The molecule has 0 aliphatic carbocycles. The summed E-state index contributed by atoms with van der Waals surface area (Å²) < 4.78 is 16.7. The third-order valence-electron chi connectivity index (χ3n) is 7.25. The average molecular weight is 615 g/mol. The molecule has 0 unspecified atom stereocenters. The summed E-state index contributed by atoms with van der Waals surface area (Å²) in [6.45, 7) is 3.04. The van der Waals surface area contributed by atoms with E-state index < -0.39 is 23.4 Å². The quantitative estimate of drug-likeness (QED) is 0.103. The number of hydrogen-bond acceptors (Lipinski definition) is 10. The third-order valence-corrected chi connectivity index (χ3v) is 7.25. The van der Waals surface area contributed by atoms with Gasteiger partial charge in [0.25, 0.3) is 17.6 Å². The number of aromatic amines is 2. The highest BCUT2D eigenvalue weighted by molar-refractivity contribution is 6.45. The van der Waals surface area contributed by atoms with E-state index in [1.165, 1.54) is 24.1 Å². The smallest absolute Gasteiger partial charge is 0.295 e. The van der Waals surface area contributed by atoms with Gasteiger partial charge in [0.2, 0.25) is 11.9 Å². The normalized spacial score (nSPS) is 13.2. The number of anilines is 1. The first-order valence-electron chi connectivity index (χ1n) is 14.0. The molecule has 3 amide bonds. The summed E-state index contributed by atoms with van der Waals surface area (Å²) in [5.74, 6) is -2.61. The van der Waals surface area contributed by atoms with Crippen molar-refractivity contribution in [3.63, 3.8) is 0 Å². The number of halogens is 1. The molecule has 1 aliphatic heterocycles. The number of pyridine rings is 1. The fraction of sp³-hybridized carbons (Fsp3) is 0.250. The van der Waals surface area contributed by atoms with Gasteiger partial charge in [-0.25, -0.2) is 9.37 Å². The fourth-order valence-electron chi connectivity index (χ4n) is 5.04. The van der Waals surface area contributed by atoms with Gasteiger partial charge in [0.1, 0.15) is 17.1 Å². The molecule has 0 saturated carbocycles. The zero-order valence-electron chi connectivity index (χ0n) is 24.0. The topological polar surface area (TPSA) is 200 Å². The van der Waals surface area contributed by atoms with Crippen LogP contribution >= 0.6 is 0 Å². The van der Waals surface area contributed by atoms with E-state index in [9.17, 15) is 19.2 Å². The van der Waals surface area contributed by atoms with Crippen LogP contribution in [-0.2, 0) is 9.59 Å². The first kappa shape index (κ1) is 29.1. The minimum atomic E-state index is -0.874. The number of fused-ring (bicyclic) bond motifs is 1. The highest BCUT2D eigenvalue weighted by Gasteiger charge is 2.31. The first-order valence-corrected chi connectivity index (χ1v) is 14.0. The monoisotopic (exact) mass is 614 g/mol.